The van der Waals surface area contributed by atoms with Crippen LogP contribution in [0.1, 0.15) is 5.69 Å². The van der Waals surface area contributed by atoms with Crippen molar-refractivity contribution >= 4 is 23.4 Å². The lowest BCUT2D eigenvalue weighted by Crippen LogP contribution is -2.17. The molecule has 6 nitrogen and oxygen atoms in total. The number of fused-ring (bicyclic) bond motifs is 1. The molecule has 0 saturated carbocycles. The van der Waals surface area contributed by atoms with Gasteiger partial charge >= 0.3 is 5.97 Å². The molecule has 0 atom stereocenters. The van der Waals surface area contributed by atoms with Crippen molar-refractivity contribution in [3.63, 3.8) is 0 Å². The first kappa shape index (κ1) is 11.6. The van der Waals surface area contributed by atoms with Crippen LogP contribution in [0.5, 0.6) is 0 Å². The number of carboxylic acids is 1. The highest BCUT2D eigenvalue weighted by molar-refractivity contribution is 7.99. The van der Waals surface area contributed by atoms with Crippen LogP contribution in [-0.4, -0.2) is 31.4 Å². The van der Waals surface area contributed by atoms with E-state index in [2.05, 4.69) is 10.1 Å². The highest BCUT2D eigenvalue weighted by Gasteiger charge is 2.05. The van der Waals surface area contributed by atoms with Gasteiger partial charge in [-0.05, 0) is 19.1 Å². The number of thioether (sulfide) groups is 1. The van der Waals surface area contributed by atoms with Gasteiger partial charge in [0.25, 0.3) is 5.56 Å². The van der Waals surface area contributed by atoms with Gasteiger partial charge in [-0.2, -0.15) is 9.61 Å². The van der Waals surface area contributed by atoms with Gasteiger partial charge in [0, 0.05) is 11.8 Å². The Hall–Kier alpha value is -1.89. The molecule has 2 aromatic rings. The van der Waals surface area contributed by atoms with E-state index in [1.165, 1.54) is 6.07 Å². The van der Waals surface area contributed by atoms with Crippen LogP contribution in [0.15, 0.2) is 28.0 Å². The second kappa shape index (κ2) is 4.54. The lowest BCUT2D eigenvalue weighted by Gasteiger charge is -2.02. The molecule has 0 aliphatic rings. The molecule has 2 rings (SSSR count). The predicted octanol–water partition coefficient (Wildman–Crippen LogP) is 0.575. The molecule has 2 heterocycles. The third-order valence-corrected chi connectivity index (χ3v) is 2.87. The molecule has 0 radical (unpaired) electrons. The van der Waals surface area contributed by atoms with Crippen LogP contribution < -0.4 is 5.56 Å². The summed E-state index contributed by atoms with van der Waals surface area (Å²) in [6.07, 6.45) is 0. The normalized spacial score (nSPS) is 10.6. The van der Waals surface area contributed by atoms with Crippen molar-refractivity contribution in [3.05, 3.63) is 34.2 Å². The smallest absolute Gasteiger partial charge is 0.313 e. The highest BCUT2D eigenvalue weighted by atomic mass is 32.2. The predicted molar refractivity (Wildman–Crippen MR) is 62.4 cm³/mol. The summed E-state index contributed by atoms with van der Waals surface area (Å²) in [6, 6.07) is 4.67. The fourth-order valence-corrected chi connectivity index (χ4v) is 1.89. The van der Waals surface area contributed by atoms with Crippen LogP contribution in [0.4, 0.5) is 0 Å². The van der Waals surface area contributed by atoms with Gasteiger partial charge in [-0.25, -0.2) is 4.98 Å². The molecule has 0 bridgehead atoms. The third kappa shape index (κ3) is 2.62. The average molecular weight is 251 g/mol. The van der Waals surface area contributed by atoms with E-state index in [0.29, 0.717) is 16.4 Å². The Morgan fingerprint density at radius 3 is 3.00 bits per heavy atom. The van der Waals surface area contributed by atoms with E-state index in [0.717, 1.165) is 16.3 Å². The molecule has 0 unspecified atom stereocenters. The average Bonchev–Trinajstić information content (AvgIpc) is 2.26. The number of aromatic nitrogens is 3. The van der Waals surface area contributed by atoms with Crippen LogP contribution in [0, 0.1) is 6.92 Å². The minimum absolute atomic E-state index is 0.0907. The summed E-state index contributed by atoms with van der Waals surface area (Å²) in [5.41, 5.74) is 0.808. The van der Waals surface area contributed by atoms with Crippen LogP contribution in [-0.2, 0) is 4.79 Å². The molecule has 7 heteroatoms. The van der Waals surface area contributed by atoms with E-state index < -0.39 is 5.97 Å². The number of carbonyl (C=O) groups is 1. The Bertz CT molecular complexity index is 638. The molecular weight excluding hydrogens is 242 g/mol. The summed E-state index contributed by atoms with van der Waals surface area (Å²) in [5.74, 6) is -1.02. The van der Waals surface area contributed by atoms with Crippen molar-refractivity contribution < 1.29 is 9.90 Å². The van der Waals surface area contributed by atoms with Gasteiger partial charge in [0.2, 0.25) is 0 Å². The first-order valence-electron chi connectivity index (χ1n) is 4.78. The second-order valence-corrected chi connectivity index (χ2v) is 4.36. The summed E-state index contributed by atoms with van der Waals surface area (Å²) < 4.78 is 1.16. The number of hydrogen-bond donors (Lipinski definition) is 1. The van der Waals surface area contributed by atoms with Gasteiger partial charge < -0.3 is 5.11 Å². The SMILES string of the molecule is Cc1cc(=O)n2nc(SCC(=O)O)ccc2n1. The van der Waals surface area contributed by atoms with E-state index in [1.807, 2.05) is 0 Å². The fraction of sp³-hybridized carbons (Fsp3) is 0.200. The van der Waals surface area contributed by atoms with Gasteiger partial charge in [0.15, 0.2) is 5.65 Å². The minimum atomic E-state index is -0.925. The van der Waals surface area contributed by atoms with Gasteiger partial charge in [0.1, 0.15) is 5.03 Å². The quantitative estimate of drug-likeness (QED) is 0.803. The Morgan fingerprint density at radius 1 is 1.53 bits per heavy atom. The number of carboxylic acid groups (broad SMARTS) is 1. The number of rotatable bonds is 3. The molecule has 0 amide bonds. The van der Waals surface area contributed by atoms with Crippen LogP contribution in [0.3, 0.4) is 0 Å². The van der Waals surface area contributed by atoms with Crippen molar-refractivity contribution in [2.45, 2.75) is 11.9 Å². The van der Waals surface area contributed by atoms with Gasteiger partial charge in [-0.1, -0.05) is 11.8 Å². The summed E-state index contributed by atoms with van der Waals surface area (Å²) in [4.78, 5) is 26.2. The van der Waals surface area contributed by atoms with Crippen molar-refractivity contribution in [1.29, 1.82) is 0 Å². The van der Waals surface area contributed by atoms with E-state index in [4.69, 9.17) is 5.11 Å². The largest absolute Gasteiger partial charge is 0.481 e. The number of aryl methyl sites for hydroxylation is 1. The number of nitrogens with zero attached hydrogens (tertiary/aromatic N) is 3. The molecule has 0 spiro atoms. The third-order valence-electron chi connectivity index (χ3n) is 1.97. The molecule has 0 aliphatic carbocycles. The molecule has 0 aromatic carbocycles. The first-order valence-corrected chi connectivity index (χ1v) is 5.77. The molecule has 17 heavy (non-hydrogen) atoms. The molecule has 0 saturated heterocycles. The Morgan fingerprint density at radius 2 is 2.29 bits per heavy atom. The van der Waals surface area contributed by atoms with Crippen molar-refractivity contribution in [3.8, 4) is 0 Å². The van der Waals surface area contributed by atoms with E-state index in [-0.39, 0.29) is 11.3 Å². The molecule has 0 fully saturated rings. The topological polar surface area (TPSA) is 84.6 Å². The van der Waals surface area contributed by atoms with Gasteiger partial charge in [0.05, 0.1) is 5.75 Å². The Balaban J connectivity index is 2.43. The van der Waals surface area contributed by atoms with E-state index >= 15 is 0 Å². The fourth-order valence-electron chi connectivity index (χ4n) is 1.31. The van der Waals surface area contributed by atoms with Crippen LogP contribution in [0.25, 0.3) is 5.65 Å². The molecule has 1 N–H and O–H groups in total. The Kier molecular flexibility index (Phi) is 3.10. The molecular formula is C10H9N3O3S. The zero-order valence-corrected chi connectivity index (χ0v) is 9.77. The van der Waals surface area contributed by atoms with Crippen molar-refractivity contribution in [1.82, 2.24) is 14.6 Å². The lowest BCUT2D eigenvalue weighted by atomic mass is 10.4. The van der Waals surface area contributed by atoms with Gasteiger partial charge in [-0.15, -0.1) is 0 Å². The standard InChI is InChI=1S/C10H9N3O3S/c1-6-4-9(14)13-7(11-6)2-3-8(12-13)17-5-10(15)16/h2-4H,5H2,1H3,(H,15,16). The lowest BCUT2D eigenvalue weighted by molar-refractivity contribution is -0.133. The molecule has 88 valence electrons. The van der Waals surface area contributed by atoms with Crippen molar-refractivity contribution in [2.75, 3.05) is 5.75 Å². The van der Waals surface area contributed by atoms with Crippen LogP contribution >= 0.6 is 11.8 Å². The zero-order valence-electron chi connectivity index (χ0n) is 8.95. The maximum absolute atomic E-state index is 11.6. The molecule has 0 aliphatic heterocycles. The van der Waals surface area contributed by atoms with E-state index in [1.54, 1.807) is 19.1 Å². The minimum Gasteiger partial charge on any atom is -0.481 e. The molecule has 2 aromatic heterocycles. The highest BCUT2D eigenvalue weighted by Crippen LogP contribution is 2.14. The summed E-state index contributed by atoms with van der Waals surface area (Å²) in [5, 5.41) is 13.1. The summed E-state index contributed by atoms with van der Waals surface area (Å²) >= 11 is 1.06. The number of hydrogen-bond acceptors (Lipinski definition) is 5. The van der Waals surface area contributed by atoms with Crippen molar-refractivity contribution in [2.24, 2.45) is 0 Å². The summed E-state index contributed by atoms with van der Waals surface area (Å²) in [7, 11) is 0. The Labute approximate surface area is 100 Å². The first-order chi connectivity index (χ1) is 8.06. The summed E-state index contributed by atoms with van der Waals surface area (Å²) in [6.45, 7) is 1.73. The second-order valence-electron chi connectivity index (χ2n) is 3.36. The monoisotopic (exact) mass is 251 g/mol. The number of aliphatic carboxylic acids is 1. The van der Waals surface area contributed by atoms with E-state index in [9.17, 15) is 9.59 Å². The maximum Gasteiger partial charge on any atom is 0.313 e. The van der Waals surface area contributed by atoms with Gasteiger partial charge in [-0.3, -0.25) is 9.59 Å². The maximum atomic E-state index is 11.6. The van der Waals surface area contributed by atoms with Crippen LogP contribution in [0.2, 0.25) is 0 Å². The zero-order chi connectivity index (χ0) is 12.4.